The molecule has 36 heavy (non-hydrogen) atoms. The Hall–Kier alpha value is -2.53. The van der Waals surface area contributed by atoms with Crippen LogP contribution in [-0.4, -0.2) is 54.2 Å². The topological polar surface area (TPSA) is 125 Å². The maximum absolute atomic E-state index is 13.7. The number of nitrogens with one attached hydrogen (secondary N) is 2. The quantitative estimate of drug-likeness (QED) is 0.247. The van der Waals surface area contributed by atoms with Crippen molar-refractivity contribution in [3.8, 4) is 0 Å². The summed E-state index contributed by atoms with van der Waals surface area (Å²) in [5, 5.41) is 27.3. The van der Waals surface area contributed by atoms with Crippen molar-refractivity contribution in [1.29, 1.82) is 0 Å². The highest BCUT2D eigenvalue weighted by atomic mass is 79.9. The van der Waals surface area contributed by atoms with E-state index in [1.54, 1.807) is 0 Å². The van der Waals surface area contributed by atoms with E-state index in [1.807, 2.05) is 22.9 Å². The van der Waals surface area contributed by atoms with Crippen LogP contribution in [-0.2, 0) is 6.54 Å². The van der Waals surface area contributed by atoms with Gasteiger partial charge >= 0.3 is 0 Å². The van der Waals surface area contributed by atoms with Gasteiger partial charge in [0.05, 0.1) is 17.5 Å². The van der Waals surface area contributed by atoms with Crippen LogP contribution in [0.4, 0.5) is 10.2 Å². The van der Waals surface area contributed by atoms with Gasteiger partial charge in [-0.25, -0.2) is 14.4 Å². The maximum Gasteiger partial charge on any atom is 0.146 e. The number of anilines is 1. The van der Waals surface area contributed by atoms with Gasteiger partial charge in [-0.15, -0.1) is 0 Å². The molecular formula is C26H28BrFN6O2. The van der Waals surface area contributed by atoms with Crippen LogP contribution < -0.4 is 11.1 Å². The molecule has 10 heteroatoms. The molecule has 0 unspecified atom stereocenters. The molecular weight excluding hydrogens is 527 g/mol. The van der Waals surface area contributed by atoms with E-state index in [0.29, 0.717) is 49.1 Å². The van der Waals surface area contributed by atoms with Crippen molar-refractivity contribution in [3.05, 3.63) is 52.5 Å². The fraction of sp³-hybridized carbons (Fsp3) is 0.462. The van der Waals surface area contributed by atoms with Crippen molar-refractivity contribution in [2.24, 2.45) is 5.41 Å². The van der Waals surface area contributed by atoms with Crippen LogP contribution in [0.5, 0.6) is 0 Å². The Kier molecular flexibility index (Phi) is 4.87. The number of aliphatic hydroxyl groups is 2. The number of nitrogens with zero attached hydrogens (tertiary/aromatic N) is 3. The molecule has 4 aromatic rings. The van der Waals surface area contributed by atoms with E-state index in [1.165, 1.54) is 6.33 Å². The van der Waals surface area contributed by atoms with E-state index in [2.05, 4.69) is 48.3 Å². The first-order valence-corrected chi connectivity index (χ1v) is 13.2. The van der Waals surface area contributed by atoms with Crippen LogP contribution in [0.15, 0.2) is 41.3 Å². The van der Waals surface area contributed by atoms with Crippen LogP contribution in [0.3, 0.4) is 0 Å². The van der Waals surface area contributed by atoms with Crippen LogP contribution in [0.25, 0.3) is 21.9 Å². The zero-order chi connectivity index (χ0) is 24.8. The molecule has 0 aliphatic heterocycles. The van der Waals surface area contributed by atoms with Crippen molar-refractivity contribution in [2.75, 3.05) is 12.3 Å². The number of nitrogen functional groups attached to an aromatic ring is 1. The smallest absolute Gasteiger partial charge is 0.146 e. The molecule has 3 aromatic heterocycles. The minimum absolute atomic E-state index is 0.183. The van der Waals surface area contributed by atoms with Gasteiger partial charge in [-0.2, -0.15) is 0 Å². The van der Waals surface area contributed by atoms with E-state index in [9.17, 15) is 14.6 Å². The summed E-state index contributed by atoms with van der Waals surface area (Å²) in [5.41, 5.74) is 9.09. The lowest BCUT2D eigenvalue weighted by molar-refractivity contribution is -0.209. The van der Waals surface area contributed by atoms with Gasteiger partial charge in [0.15, 0.2) is 0 Å². The summed E-state index contributed by atoms with van der Waals surface area (Å²) < 4.78 is 16.4. The van der Waals surface area contributed by atoms with E-state index in [0.717, 1.165) is 33.2 Å². The molecule has 0 radical (unpaired) electrons. The number of nitrogens with two attached hydrogens (primary N) is 1. The highest BCUT2D eigenvalue weighted by molar-refractivity contribution is 9.10. The maximum atomic E-state index is 13.7. The molecule has 0 amide bonds. The van der Waals surface area contributed by atoms with E-state index >= 15 is 0 Å². The highest BCUT2D eigenvalue weighted by Gasteiger charge is 2.68. The lowest BCUT2D eigenvalue weighted by Gasteiger charge is -2.66. The number of fused-ring (bicyclic) bond motifs is 2. The summed E-state index contributed by atoms with van der Waals surface area (Å²) in [7, 11) is 0. The van der Waals surface area contributed by atoms with Gasteiger partial charge in [0, 0.05) is 40.9 Å². The second kappa shape index (κ2) is 7.74. The zero-order valence-corrected chi connectivity index (χ0v) is 21.2. The number of benzene rings is 1. The van der Waals surface area contributed by atoms with Crippen LogP contribution in [0, 0.1) is 5.41 Å². The van der Waals surface area contributed by atoms with Crippen LogP contribution >= 0.6 is 15.9 Å². The second-order valence-corrected chi connectivity index (χ2v) is 12.0. The molecule has 0 saturated heterocycles. The van der Waals surface area contributed by atoms with Crippen molar-refractivity contribution in [3.63, 3.8) is 0 Å². The van der Waals surface area contributed by atoms with Crippen LogP contribution in [0.2, 0.25) is 0 Å². The SMILES string of the molecule is Nc1ncnc2c1c(Br)cn2[C@@H]1C[C@H](c2ccc3[nH]c(CNCC45CC(F)(C4)C5)cc3c2)[C@@H](O)[C@H]1O. The monoisotopic (exact) mass is 554 g/mol. The highest BCUT2D eigenvalue weighted by Crippen LogP contribution is 2.69. The minimum Gasteiger partial charge on any atom is -0.390 e. The van der Waals surface area contributed by atoms with Gasteiger partial charge in [-0.1, -0.05) is 6.07 Å². The summed E-state index contributed by atoms with van der Waals surface area (Å²) in [5.74, 6) is 0.146. The summed E-state index contributed by atoms with van der Waals surface area (Å²) in [6.07, 6.45) is 4.08. The molecule has 188 valence electrons. The number of aromatic nitrogens is 4. The number of alkyl halides is 1. The van der Waals surface area contributed by atoms with Gasteiger partial charge < -0.3 is 30.8 Å². The normalized spacial score (nSPS) is 33.2. The third-order valence-corrected chi connectivity index (χ3v) is 9.22. The number of aromatic amines is 1. The summed E-state index contributed by atoms with van der Waals surface area (Å²) >= 11 is 3.53. The van der Waals surface area contributed by atoms with Gasteiger partial charge in [0.2, 0.25) is 0 Å². The summed E-state index contributed by atoms with van der Waals surface area (Å²) in [6, 6.07) is 7.91. The predicted molar refractivity (Wildman–Crippen MR) is 138 cm³/mol. The Labute approximate surface area is 215 Å². The Balaban J connectivity index is 1.10. The van der Waals surface area contributed by atoms with Crippen molar-refractivity contribution in [2.45, 2.75) is 62.1 Å². The standard InChI is InChI=1S/C26H28BrFN6O2/c27-17-7-34(24-20(17)23(29)31-12-32-24)19-5-16(21(35)22(19)36)13-1-2-18-14(3-13)4-15(33-18)6-30-11-25-8-26(28,9-25)10-25/h1-4,7,12,16,19,21-22,30,33,35-36H,5-6,8-11H2,(H2,29,31,32)/t16-,19-,21-,22+,25?,26?/m1/s1. The number of halogens is 2. The average molecular weight is 555 g/mol. The molecule has 3 heterocycles. The first-order valence-electron chi connectivity index (χ1n) is 12.4. The van der Waals surface area contributed by atoms with Gasteiger partial charge in [0.25, 0.3) is 0 Å². The molecule has 4 fully saturated rings. The molecule has 8 rings (SSSR count). The lowest BCUT2D eigenvalue weighted by Crippen LogP contribution is -2.67. The summed E-state index contributed by atoms with van der Waals surface area (Å²) in [4.78, 5) is 11.9. The fourth-order valence-corrected chi connectivity index (χ4v) is 7.58. The molecule has 2 bridgehead atoms. The Morgan fingerprint density at radius 1 is 1.19 bits per heavy atom. The fourth-order valence-electron chi connectivity index (χ4n) is 6.98. The molecule has 6 N–H and O–H groups in total. The summed E-state index contributed by atoms with van der Waals surface area (Å²) in [6.45, 7) is 1.56. The molecule has 8 nitrogen and oxygen atoms in total. The third kappa shape index (κ3) is 3.34. The van der Waals surface area contributed by atoms with E-state index in [4.69, 9.17) is 5.73 Å². The number of aliphatic hydroxyl groups excluding tert-OH is 2. The first kappa shape index (κ1) is 22.7. The Morgan fingerprint density at radius 3 is 2.78 bits per heavy atom. The third-order valence-electron chi connectivity index (χ3n) is 8.62. The zero-order valence-electron chi connectivity index (χ0n) is 19.6. The van der Waals surface area contributed by atoms with Crippen LogP contribution in [0.1, 0.15) is 48.9 Å². The van der Waals surface area contributed by atoms with E-state index in [-0.39, 0.29) is 17.4 Å². The number of H-pyrrole nitrogens is 1. The minimum atomic E-state index is -0.948. The first-order chi connectivity index (χ1) is 17.2. The number of hydrogen-bond acceptors (Lipinski definition) is 6. The van der Waals surface area contributed by atoms with Crippen molar-refractivity contribution >= 4 is 43.7 Å². The average Bonchev–Trinajstić information content (AvgIpc) is 3.46. The van der Waals surface area contributed by atoms with Gasteiger partial charge in [-0.3, -0.25) is 0 Å². The number of rotatable bonds is 6. The van der Waals surface area contributed by atoms with E-state index < -0.39 is 17.9 Å². The Bertz CT molecular complexity index is 1480. The largest absolute Gasteiger partial charge is 0.390 e. The van der Waals surface area contributed by atoms with Gasteiger partial charge in [0.1, 0.15) is 29.6 Å². The second-order valence-electron chi connectivity index (χ2n) is 11.2. The molecule has 4 aliphatic rings. The Morgan fingerprint density at radius 2 is 2.00 bits per heavy atom. The lowest BCUT2D eigenvalue weighted by atomic mass is 9.42. The van der Waals surface area contributed by atoms with Crippen molar-refractivity contribution < 1.29 is 14.6 Å². The predicted octanol–water partition coefficient (Wildman–Crippen LogP) is 3.69. The molecule has 4 saturated carbocycles. The van der Waals surface area contributed by atoms with Crippen molar-refractivity contribution in [1.82, 2.24) is 24.8 Å². The number of hydrogen-bond donors (Lipinski definition) is 5. The molecule has 4 aliphatic carbocycles. The molecule has 1 aromatic carbocycles. The molecule has 0 spiro atoms. The van der Waals surface area contributed by atoms with Gasteiger partial charge in [-0.05, 0) is 76.2 Å². The molecule has 4 atom stereocenters.